The second-order valence-corrected chi connectivity index (χ2v) is 10.8. The van der Waals surface area contributed by atoms with Gasteiger partial charge in [0, 0.05) is 5.92 Å². The molecule has 2 N–H and O–H groups in total. The molecule has 4 rings (SSSR count). The predicted octanol–water partition coefficient (Wildman–Crippen LogP) is 11.2. The quantitative estimate of drug-likeness (QED) is 0.359. The first-order chi connectivity index (χ1) is 15.2. The molecule has 0 bridgehead atoms. The van der Waals surface area contributed by atoms with E-state index in [4.69, 9.17) is 0 Å². The van der Waals surface area contributed by atoms with E-state index in [1.807, 2.05) is 27.7 Å². The number of hydrogen-bond donors (Lipinski definition) is 0. The molecule has 0 aromatic carbocycles. The third-order valence-electron chi connectivity index (χ3n) is 7.15. The Bertz CT molecular complexity index is 299. The Hall–Kier alpha value is -0.180. The summed E-state index contributed by atoms with van der Waals surface area (Å²) in [6.45, 7) is 16.1. The average Bonchev–Trinajstić information content (AvgIpc) is 3.61. The third kappa shape index (κ3) is 22.1. The molecule has 4 saturated carbocycles. The van der Waals surface area contributed by atoms with Crippen molar-refractivity contribution in [3.8, 4) is 0 Å². The SMILES string of the molecule is C1CCCC1.C1CCCC1.CC.CC.CC(C)(C)C1CCCC1.CC(F)(F)C1CCCC1.O. The molecule has 3 heteroatoms. The summed E-state index contributed by atoms with van der Waals surface area (Å²) in [4.78, 5) is 0. The van der Waals surface area contributed by atoms with Crippen LogP contribution >= 0.6 is 0 Å². The summed E-state index contributed by atoms with van der Waals surface area (Å²) in [6, 6.07) is 0. The molecule has 4 aliphatic rings. The molecule has 0 amide bonds. The molecule has 0 aromatic rings. The lowest BCUT2D eigenvalue weighted by molar-refractivity contribution is -0.0366. The van der Waals surface area contributed by atoms with Crippen molar-refractivity contribution in [2.75, 3.05) is 0 Å². The monoisotopic (exact) mass is 478 g/mol. The standard InChI is InChI=1S/C9H18.C7H12F2.2C5H10.2C2H6.H2O/c1-9(2,3)8-6-4-5-7-8;1-7(8,9)6-4-2-3-5-6;2*1-2-4-5-3-1;2*1-2;/h8H,4-7H2,1-3H3;6H,2-5H2,1H3;2*1-5H2;2*1-2H3;1H2. The number of hydrogen-bond acceptors (Lipinski definition) is 0. The van der Waals surface area contributed by atoms with E-state index in [0.29, 0.717) is 5.41 Å². The summed E-state index contributed by atoms with van der Waals surface area (Å²) in [6.07, 6.45) is 24.3. The molecule has 0 aromatic heterocycles. The van der Waals surface area contributed by atoms with Crippen molar-refractivity contribution in [2.45, 2.75) is 177 Å². The van der Waals surface area contributed by atoms with Crippen LogP contribution in [0.4, 0.5) is 8.78 Å². The van der Waals surface area contributed by atoms with Gasteiger partial charge in [-0.3, -0.25) is 0 Å². The van der Waals surface area contributed by atoms with E-state index in [-0.39, 0.29) is 11.4 Å². The lowest BCUT2D eigenvalue weighted by Crippen LogP contribution is -2.20. The maximum atomic E-state index is 12.4. The highest BCUT2D eigenvalue weighted by molar-refractivity contribution is 4.78. The first-order valence-electron chi connectivity index (χ1n) is 14.6. The van der Waals surface area contributed by atoms with Gasteiger partial charge in [0.2, 0.25) is 5.92 Å². The third-order valence-corrected chi connectivity index (χ3v) is 7.15. The highest BCUT2D eigenvalue weighted by Crippen LogP contribution is 2.39. The van der Waals surface area contributed by atoms with Crippen LogP contribution in [-0.2, 0) is 0 Å². The normalized spacial score (nSPS) is 20.2. The minimum absolute atomic E-state index is 0. The van der Waals surface area contributed by atoms with Crippen molar-refractivity contribution >= 4 is 0 Å². The van der Waals surface area contributed by atoms with Crippen LogP contribution in [0.3, 0.4) is 0 Å². The van der Waals surface area contributed by atoms with E-state index in [2.05, 4.69) is 20.8 Å². The largest absolute Gasteiger partial charge is 0.412 e. The molecule has 0 heterocycles. The van der Waals surface area contributed by atoms with Crippen LogP contribution in [0.2, 0.25) is 0 Å². The predicted molar refractivity (Wildman–Crippen MR) is 146 cm³/mol. The molecule has 0 radical (unpaired) electrons. The lowest BCUT2D eigenvalue weighted by atomic mass is 9.80. The molecule has 0 atom stereocenters. The van der Waals surface area contributed by atoms with Crippen molar-refractivity contribution in [1.29, 1.82) is 0 Å². The van der Waals surface area contributed by atoms with Crippen molar-refractivity contribution in [3.05, 3.63) is 0 Å². The fraction of sp³-hybridized carbons (Fsp3) is 1.00. The van der Waals surface area contributed by atoms with E-state index in [1.165, 1.54) is 89.9 Å². The Morgan fingerprint density at radius 2 is 0.636 bits per heavy atom. The summed E-state index contributed by atoms with van der Waals surface area (Å²) in [7, 11) is 0. The Kier molecular flexibility index (Phi) is 26.7. The molecule has 0 unspecified atom stereocenters. The highest BCUT2D eigenvalue weighted by atomic mass is 19.3. The fourth-order valence-corrected chi connectivity index (χ4v) is 4.99. The maximum absolute atomic E-state index is 12.4. The second kappa shape index (κ2) is 23.6. The Balaban J connectivity index is -0.000000351. The molecule has 1 nitrogen and oxygen atoms in total. The zero-order valence-electron chi connectivity index (χ0n) is 24.1. The maximum Gasteiger partial charge on any atom is 0.248 e. The van der Waals surface area contributed by atoms with Crippen molar-refractivity contribution in [2.24, 2.45) is 17.3 Å². The van der Waals surface area contributed by atoms with Gasteiger partial charge in [0.15, 0.2) is 0 Å². The number of halogens is 2. The van der Waals surface area contributed by atoms with Crippen LogP contribution in [0, 0.1) is 17.3 Å². The fourth-order valence-electron chi connectivity index (χ4n) is 4.99. The second-order valence-electron chi connectivity index (χ2n) is 10.8. The number of rotatable bonds is 1. The molecule has 33 heavy (non-hydrogen) atoms. The molecule has 0 spiro atoms. The molecule has 204 valence electrons. The summed E-state index contributed by atoms with van der Waals surface area (Å²) < 4.78 is 24.9. The van der Waals surface area contributed by atoms with Gasteiger partial charge in [-0.2, -0.15) is 0 Å². The van der Waals surface area contributed by atoms with Gasteiger partial charge in [0.1, 0.15) is 0 Å². The van der Waals surface area contributed by atoms with E-state index in [1.54, 1.807) is 0 Å². The van der Waals surface area contributed by atoms with Gasteiger partial charge in [-0.15, -0.1) is 0 Å². The first kappa shape index (κ1) is 37.4. The van der Waals surface area contributed by atoms with Gasteiger partial charge in [-0.25, -0.2) is 8.78 Å². The summed E-state index contributed by atoms with van der Waals surface area (Å²) in [5.74, 6) is -1.73. The van der Waals surface area contributed by atoms with E-state index in [9.17, 15) is 8.78 Å². The zero-order chi connectivity index (χ0) is 24.9. The van der Waals surface area contributed by atoms with Crippen LogP contribution in [-0.4, -0.2) is 11.4 Å². The Labute approximate surface area is 208 Å². The van der Waals surface area contributed by atoms with Gasteiger partial charge < -0.3 is 5.48 Å². The first-order valence-corrected chi connectivity index (χ1v) is 14.6. The van der Waals surface area contributed by atoms with Crippen LogP contribution in [0.1, 0.15) is 171 Å². The summed E-state index contributed by atoms with van der Waals surface area (Å²) in [5.41, 5.74) is 0.580. The minimum atomic E-state index is -2.42. The van der Waals surface area contributed by atoms with E-state index >= 15 is 0 Å². The van der Waals surface area contributed by atoms with Crippen molar-refractivity contribution in [3.63, 3.8) is 0 Å². The van der Waals surface area contributed by atoms with Gasteiger partial charge >= 0.3 is 0 Å². The van der Waals surface area contributed by atoms with E-state index < -0.39 is 5.92 Å². The van der Waals surface area contributed by atoms with Crippen LogP contribution in [0.5, 0.6) is 0 Å². The molecule has 0 aliphatic heterocycles. The molecule has 4 fully saturated rings. The van der Waals surface area contributed by atoms with Crippen LogP contribution in [0.15, 0.2) is 0 Å². The summed E-state index contributed by atoms with van der Waals surface area (Å²) >= 11 is 0. The average molecular weight is 479 g/mol. The van der Waals surface area contributed by atoms with Gasteiger partial charge in [-0.05, 0) is 43.9 Å². The van der Waals surface area contributed by atoms with Crippen LogP contribution in [0.25, 0.3) is 0 Å². The Morgan fingerprint density at radius 3 is 0.758 bits per heavy atom. The molecular formula is C30H64F2O. The highest BCUT2D eigenvalue weighted by Gasteiger charge is 2.35. The van der Waals surface area contributed by atoms with Crippen LogP contribution < -0.4 is 0 Å². The molecular weight excluding hydrogens is 414 g/mol. The molecule has 0 saturated heterocycles. The zero-order valence-corrected chi connectivity index (χ0v) is 24.1. The van der Waals surface area contributed by atoms with Crippen molar-refractivity contribution < 1.29 is 14.3 Å². The lowest BCUT2D eigenvalue weighted by Gasteiger charge is -2.26. The smallest absolute Gasteiger partial charge is 0.248 e. The minimum Gasteiger partial charge on any atom is -0.412 e. The Morgan fingerprint density at radius 1 is 0.424 bits per heavy atom. The van der Waals surface area contributed by atoms with Crippen molar-refractivity contribution in [1.82, 2.24) is 0 Å². The number of alkyl halides is 2. The van der Waals surface area contributed by atoms with Gasteiger partial charge in [0.05, 0.1) is 0 Å². The topological polar surface area (TPSA) is 31.5 Å². The molecule has 4 aliphatic carbocycles. The summed E-state index contributed by atoms with van der Waals surface area (Å²) in [5, 5.41) is 0. The van der Waals surface area contributed by atoms with Gasteiger partial charge in [-0.1, -0.05) is 138 Å². The van der Waals surface area contributed by atoms with E-state index in [0.717, 1.165) is 38.5 Å². The van der Waals surface area contributed by atoms with Gasteiger partial charge in [0.25, 0.3) is 0 Å².